The van der Waals surface area contributed by atoms with Crippen LogP contribution < -0.4 is 10.6 Å². The number of rotatable bonds is 0. The number of piperazine rings is 1. The Kier molecular flexibility index (Phi) is 4.51. The van der Waals surface area contributed by atoms with E-state index in [1.165, 1.54) is 19.3 Å². The molecular formula is C12H22N2O3. The van der Waals surface area contributed by atoms with E-state index in [2.05, 4.69) is 10.6 Å². The van der Waals surface area contributed by atoms with Crippen LogP contribution in [-0.2, 0) is 9.59 Å². The molecule has 0 spiro atoms. The Bertz CT molecular complexity index is 298. The third kappa shape index (κ3) is 4.00. The van der Waals surface area contributed by atoms with Gasteiger partial charge in [0.05, 0.1) is 5.54 Å². The van der Waals surface area contributed by atoms with Crippen LogP contribution in [0.3, 0.4) is 0 Å². The van der Waals surface area contributed by atoms with Crippen molar-refractivity contribution in [2.75, 3.05) is 0 Å². The van der Waals surface area contributed by atoms with Gasteiger partial charge in [-0.05, 0) is 26.7 Å². The molecule has 17 heavy (non-hydrogen) atoms. The lowest BCUT2D eigenvalue weighted by molar-refractivity contribution is -0.134. The molecule has 5 nitrogen and oxygen atoms in total. The molecule has 1 amide bonds. The molecule has 0 radical (unpaired) electrons. The van der Waals surface area contributed by atoms with Gasteiger partial charge in [-0.25, -0.2) is 0 Å². The number of carboxylic acid groups (broad SMARTS) is 1. The smallest absolute Gasteiger partial charge is 0.300 e. The zero-order valence-corrected chi connectivity index (χ0v) is 10.7. The normalized spacial score (nSPS) is 30.4. The van der Waals surface area contributed by atoms with Crippen molar-refractivity contribution in [3.63, 3.8) is 0 Å². The van der Waals surface area contributed by atoms with Crippen molar-refractivity contribution in [2.24, 2.45) is 0 Å². The lowest BCUT2D eigenvalue weighted by Gasteiger charge is -2.44. The molecule has 2 aliphatic rings. The molecule has 5 heteroatoms. The molecule has 1 aliphatic heterocycles. The molecule has 1 aliphatic carbocycles. The highest BCUT2D eigenvalue weighted by Crippen LogP contribution is 2.24. The van der Waals surface area contributed by atoms with Crippen LogP contribution in [0.2, 0.25) is 0 Å². The Balaban J connectivity index is 0.000000317. The number of hydrogen-bond donors (Lipinski definition) is 3. The van der Waals surface area contributed by atoms with Gasteiger partial charge in [0.25, 0.3) is 5.97 Å². The van der Waals surface area contributed by atoms with Crippen LogP contribution in [0.4, 0.5) is 0 Å². The second kappa shape index (κ2) is 5.49. The predicted octanol–water partition coefficient (Wildman–Crippen LogP) is 0.886. The fourth-order valence-electron chi connectivity index (χ4n) is 2.35. The summed E-state index contributed by atoms with van der Waals surface area (Å²) in [5.41, 5.74) is -0.376. The van der Waals surface area contributed by atoms with Crippen molar-refractivity contribution in [2.45, 2.75) is 64.1 Å². The maximum absolute atomic E-state index is 11.6. The minimum absolute atomic E-state index is 0.149. The van der Waals surface area contributed by atoms with E-state index in [1.807, 2.05) is 13.8 Å². The zero-order valence-electron chi connectivity index (χ0n) is 10.7. The summed E-state index contributed by atoms with van der Waals surface area (Å²) in [6.07, 6.45) is 4.89. The van der Waals surface area contributed by atoms with Crippen LogP contribution in [0.1, 0.15) is 46.5 Å². The minimum atomic E-state index is -0.833. The van der Waals surface area contributed by atoms with E-state index in [0.29, 0.717) is 12.1 Å². The number of fused-ring (bicyclic) bond motifs is 1. The predicted molar refractivity (Wildman–Crippen MR) is 64.7 cm³/mol. The third-order valence-corrected chi connectivity index (χ3v) is 3.20. The first-order chi connectivity index (χ1) is 7.83. The van der Waals surface area contributed by atoms with Gasteiger partial charge in [-0.3, -0.25) is 14.9 Å². The van der Waals surface area contributed by atoms with Gasteiger partial charge in [0.2, 0.25) is 5.91 Å². The van der Waals surface area contributed by atoms with Crippen molar-refractivity contribution >= 4 is 11.9 Å². The lowest BCUT2D eigenvalue weighted by atomic mass is 9.84. The van der Waals surface area contributed by atoms with Gasteiger partial charge in [-0.1, -0.05) is 12.8 Å². The van der Waals surface area contributed by atoms with Crippen LogP contribution in [0, 0.1) is 0 Å². The summed E-state index contributed by atoms with van der Waals surface area (Å²) < 4.78 is 0. The molecule has 2 rings (SSSR count). The largest absolute Gasteiger partial charge is 0.481 e. The molecule has 2 unspecified atom stereocenters. The van der Waals surface area contributed by atoms with Crippen LogP contribution in [0.25, 0.3) is 0 Å². The molecular weight excluding hydrogens is 220 g/mol. The van der Waals surface area contributed by atoms with Crippen LogP contribution in [0.15, 0.2) is 0 Å². The number of carbonyl (C=O) groups is 2. The van der Waals surface area contributed by atoms with Gasteiger partial charge in [0.15, 0.2) is 0 Å². The van der Waals surface area contributed by atoms with Gasteiger partial charge >= 0.3 is 0 Å². The lowest BCUT2D eigenvalue weighted by Crippen LogP contribution is -2.69. The van der Waals surface area contributed by atoms with Crippen LogP contribution in [-0.4, -0.2) is 34.6 Å². The molecule has 0 aromatic heterocycles. The van der Waals surface area contributed by atoms with E-state index in [1.54, 1.807) is 0 Å². The van der Waals surface area contributed by atoms with Gasteiger partial charge in [-0.2, -0.15) is 0 Å². The molecule has 0 aromatic rings. The van der Waals surface area contributed by atoms with Crippen molar-refractivity contribution in [3.05, 3.63) is 0 Å². The van der Waals surface area contributed by atoms with E-state index in [-0.39, 0.29) is 11.4 Å². The van der Waals surface area contributed by atoms with E-state index < -0.39 is 5.97 Å². The highest BCUT2D eigenvalue weighted by molar-refractivity contribution is 5.86. The summed E-state index contributed by atoms with van der Waals surface area (Å²) >= 11 is 0. The number of aliphatic carboxylic acids is 1. The molecule has 2 atom stereocenters. The molecule has 1 saturated heterocycles. The highest BCUT2D eigenvalue weighted by atomic mass is 16.4. The topological polar surface area (TPSA) is 78.4 Å². The van der Waals surface area contributed by atoms with E-state index in [9.17, 15) is 4.79 Å². The fraction of sp³-hybridized carbons (Fsp3) is 0.833. The van der Waals surface area contributed by atoms with Crippen molar-refractivity contribution in [1.29, 1.82) is 0 Å². The first kappa shape index (κ1) is 14.0. The number of carbonyl (C=O) groups excluding carboxylic acids is 1. The molecule has 2 fully saturated rings. The van der Waals surface area contributed by atoms with Crippen molar-refractivity contribution in [1.82, 2.24) is 10.6 Å². The van der Waals surface area contributed by atoms with Gasteiger partial charge < -0.3 is 10.4 Å². The molecule has 0 aromatic carbocycles. The molecule has 1 saturated carbocycles. The summed E-state index contributed by atoms with van der Waals surface area (Å²) in [6.45, 7) is 4.99. The van der Waals surface area contributed by atoms with Crippen LogP contribution >= 0.6 is 0 Å². The van der Waals surface area contributed by atoms with Gasteiger partial charge in [0, 0.05) is 19.0 Å². The number of amides is 1. The van der Waals surface area contributed by atoms with Gasteiger partial charge in [-0.15, -0.1) is 0 Å². The molecule has 1 heterocycles. The number of carboxylic acids is 1. The SMILES string of the molecule is CC(=O)O.CC1(C)NC2CCCCC2NC1=O. The Morgan fingerprint density at radius 2 is 1.76 bits per heavy atom. The Morgan fingerprint density at radius 3 is 2.29 bits per heavy atom. The Labute approximate surface area is 102 Å². The Hall–Kier alpha value is -1.10. The summed E-state index contributed by atoms with van der Waals surface area (Å²) in [5.74, 6) is -0.685. The van der Waals surface area contributed by atoms with Gasteiger partial charge in [0.1, 0.15) is 0 Å². The third-order valence-electron chi connectivity index (χ3n) is 3.20. The quantitative estimate of drug-likeness (QED) is 0.589. The fourth-order valence-corrected chi connectivity index (χ4v) is 2.35. The Morgan fingerprint density at radius 1 is 1.29 bits per heavy atom. The van der Waals surface area contributed by atoms with Crippen molar-refractivity contribution in [3.8, 4) is 0 Å². The highest BCUT2D eigenvalue weighted by Gasteiger charge is 2.40. The second-order valence-corrected chi connectivity index (χ2v) is 5.26. The summed E-state index contributed by atoms with van der Waals surface area (Å²) in [4.78, 5) is 20.6. The average Bonchev–Trinajstić information content (AvgIpc) is 2.18. The van der Waals surface area contributed by atoms with E-state index in [4.69, 9.17) is 9.90 Å². The molecule has 0 bridgehead atoms. The first-order valence-corrected chi connectivity index (χ1v) is 6.11. The summed E-state index contributed by atoms with van der Waals surface area (Å²) in [6, 6.07) is 0.885. The van der Waals surface area contributed by atoms with Crippen LogP contribution in [0.5, 0.6) is 0 Å². The summed E-state index contributed by atoms with van der Waals surface area (Å²) in [7, 11) is 0. The second-order valence-electron chi connectivity index (χ2n) is 5.26. The monoisotopic (exact) mass is 242 g/mol. The maximum atomic E-state index is 11.6. The van der Waals surface area contributed by atoms with E-state index in [0.717, 1.165) is 13.3 Å². The zero-order chi connectivity index (χ0) is 13.1. The van der Waals surface area contributed by atoms with E-state index >= 15 is 0 Å². The first-order valence-electron chi connectivity index (χ1n) is 6.11. The molecule has 3 N–H and O–H groups in total. The minimum Gasteiger partial charge on any atom is -0.481 e. The number of nitrogens with one attached hydrogen (secondary N) is 2. The summed E-state index contributed by atoms with van der Waals surface area (Å²) in [5, 5.41) is 14.0. The van der Waals surface area contributed by atoms with Crippen molar-refractivity contribution < 1.29 is 14.7 Å². The number of hydrogen-bond acceptors (Lipinski definition) is 3. The standard InChI is InChI=1S/C10H18N2O.C2H4O2/c1-10(2)9(13)11-7-5-3-4-6-8(7)12-10;1-2(3)4/h7-8,12H,3-6H2,1-2H3,(H,11,13);1H3,(H,3,4). The molecule has 98 valence electrons. The maximum Gasteiger partial charge on any atom is 0.300 e. The average molecular weight is 242 g/mol.